The van der Waals surface area contributed by atoms with Gasteiger partial charge in [0.15, 0.2) is 0 Å². The second kappa shape index (κ2) is 9.00. The Morgan fingerprint density at radius 3 is 1.47 bits per heavy atom. The van der Waals surface area contributed by atoms with E-state index in [0.29, 0.717) is 49.7 Å². The Kier molecular flexibility index (Phi) is 6.09. The highest BCUT2D eigenvalue weighted by molar-refractivity contribution is 5.84. The van der Waals surface area contributed by atoms with Crippen LogP contribution in [0.15, 0.2) is 12.1 Å². The van der Waals surface area contributed by atoms with Gasteiger partial charge in [-0.3, -0.25) is 0 Å². The lowest BCUT2D eigenvalue weighted by Crippen LogP contribution is -2.24. The number of epoxide rings is 4. The highest BCUT2D eigenvalue weighted by atomic mass is 19.4. The summed E-state index contributed by atoms with van der Waals surface area (Å²) in [5.41, 5.74) is 8.71. The average Bonchev–Trinajstić information content (AvgIpc) is 3.65. The molecular formula is C26H26F6N2O4. The molecule has 4 N–H and O–H groups in total. The zero-order valence-electron chi connectivity index (χ0n) is 20.2. The average molecular weight is 544 g/mol. The van der Waals surface area contributed by atoms with E-state index in [1.165, 1.54) is 12.1 Å². The van der Waals surface area contributed by atoms with Crippen molar-refractivity contribution in [3.8, 4) is 11.1 Å². The van der Waals surface area contributed by atoms with Crippen molar-refractivity contribution < 1.29 is 45.3 Å². The first-order valence-electron chi connectivity index (χ1n) is 12.4. The van der Waals surface area contributed by atoms with Crippen LogP contribution in [0.25, 0.3) is 11.1 Å². The van der Waals surface area contributed by atoms with Crippen LogP contribution in [0.3, 0.4) is 0 Å². The molecule has 4 aliphatic heterocycles. The smallest absolute Gasteiger partial charge is 0.398 e. The normalized spacial score (nSPS) is 25.9. The molecule has 6 nitrogen and oxygen atoms in total. The number of rotatable bonds is 9. The van der Waals surface area contributed by atoms with Crippen molar-refractivity contribution in [2.75, 3.05) is 37.9 Å². The minimum atomic E-state index is -5.35. The highest BCUT2D eigenvalue weighted by Crippen LogP contribution is 2.53. The SMILES string of the molecule is Nc1ccc(-c2c(CC3CO3)c(CC3CO3)c(N)c(C(F)(F)F)c2C(F)(F)F)c(CC2CO2)c1CC1CO1. The molecule has 2 aromatic carbocycles. The number of alkyl halides is 6. The third-order valence-corrected chi connectivity index (χ3v) is 7.40. The summed E-state index contributed by atoms with van der Waals surface area (Å²) < 4.78 is 109. The number of hydrogen-bond donors (Lipinski definition) is 2. The lowest BCUT2D eigenvalue weighted by molar-refractivity contribution is -0.161. The molecule has 4 aliphatic rings. The van der Waals surface area contributed by atoms with E-state index in [9.17, 15) is 26.3 Å². The quantitative estimate of drug-likeness (QED) is 0.277. The molecule has 0 radical (unpaired) electrons. The van der Waals surface area contributed by atoms with Crippen LogP contribution in [0.4, 0.5) is 37.7 Å². The topological polar surface area (TPSA) is 102 Å². The summed E-state index contributed by atoms with van der Waals surface area (Å²) in [6.45, 7) is 1.49. The maximum absolute atomic E-state index is 14.8. The molecule has 4 heterocycles. The first-order chi connectivity index (χ1) is 17.9. The van der Waals surface area contributed by atoms with E-state index in [2.05, 4.69) is 0 Å². The largest absolute Gasteiger partial charge is 0.419 e. The summed E-state index contributed by atoms with van der Waals surface area (Å²) in [5.74, 6) is 0. The number of halogens is 6. The molecule has 0 saturated carbocycles. The van der Waals surface area contributed by atoms with Crippen LogP contribution in [0.5, 0.6) is 0 Å². The summed E-state index contributed by atoms with van der Waals surface area (Å²) in [5, 5.41) is 0. The van der Waals surface area contributed by atoms with Gasteiger partial charge in [0.2, 0.25) is 0 Å². The Morgan fingerprint density at radius 1 is 0.605 bits per heavy atom. The predicted octanol–water partition coefficient (Wildman–Crippen LogP) is 4.32. The van der Waals surface area contributed by atoms with Crippen LogP contribution in [-0.2, 0) is 57.0 Å². The number of hydrogen-bond acceptors (Lipinski definition) is 6. The number of nitrogens with two attached hydrogens (primary N) is 2. The lowest BCUT2D eigenvalue weighted by atomic mass is 9.79. The standard InChI is InChI=1S/C26H26F6N2O4/c27-25(28,29)22-21(15-1-2-20(33)17(4-12-8-36-12)16(15)3-11-7-35-11)18(5-13-9-37-13)19(6-14-10-38-14)24(34)23(22)26(30,31)32/h1-2,11-14H,3-10,33-34H2. The van der Waals surface area contributed by atoms with E-state index >= 15 is 0 Å². The van der Waals surface area contributed by atoms with Gasteiger partial charge >= 0.3 is 12.4 Å². The van der Waals surface area contributed by atoms with Crippen LogP contribution in [0.2, 0.25) is 0 Å². The molecule has 12 heteroatoms. The van der Waals surface area contributed by atoms with Crippen molar-refractivity contribution in [2.24, 2.45) is 0 Å². The van der Waals surface area contributed by atoms with Crippen LogP contribution < -0.4 is 11.5 Å². The number of benzene rings is 2. The van der Waals surface area contributed by atoms with Gasteiger partial charge in [-0.2, -0.15) is 26.3 Å². The summed E-state index contributed by atoms with van der Waals surface area (Å²) in [4.78, 5) is 0. The Hall–Kier alpha value is -2.54. The molecule has 4 saturated heterocycles. The van der Waals surface area contributed by atoms with Crippen LogP contribution in [0.1, 0.15) is 33.4 Å². The predicted molar refractivity (Wildman–Crippen MR) is 124 cm³/mol. The molecule has 0 amide bonds. The van der Waals surface area contributed by atoms with Gasteiger partial charge in [0.05, 0.1) is 62.0 Å². The molecule has 0 aliphatic carbocycles. The Balaban J connectivity index is 1.69. The van der Waals surface area contributed by atoms with Crippen LogP contribution >= 0.6 is 0 Å². The molecule has 6 rings (SSSR count). The minimum absolute atomic E-state index is 0.00633. The maximum Gasteiger partial charge on any atom is 0.419 e. The summed E-state index contributed by atoms with van der Waals surface area (Å²) in [6, 6.07) is 2.84. The molecule has 38 heavy (non-hydrogen) atoms. The minimum Gasteiger partial charge on any atom is -0.398 e. The molecule has 0 bridgehead atoms. The first kappa shape index (κ1) is 25.7. The Morgan fingerprint density at radius 2 is 1.03 bits per heavy atom. The van der Waals surface area contributed by atoms with Gasteiger partial charge in [0.1, 0.15) is 0 Å². The molecule has 4 fully saturated rings. The van der Waals surface area contributed by atoms with Crippen molar-refractivity contribution in [1.82, 2.24) is 0 Å². The third-order valence-electron chi connectivity index (χ3n) is 7.40. The van der Waals surface area contributed by atoms with Crippen molar-refractivity contribution in [1.29, 1.82) is 0 Å². The molecule has 4 unspecified atom stereocenters. The van der Waals surface area contributed by atoms with Crippen molar-refractivity contribution in [3.63, 3.8) is 0 Å². The fraction of sp³-hybridized carbons (Fsp3) is 0.538. The van der Waals surface area contributed by atoms with Gasteiger partial charge in [-0.15, -0.1) is 0 Å². The van der Waals surface area contributed by atoms with E-state index in [4.69, 9.17) is 30.4 Å². The number of ether oxygens (including phenoxy) is 4. The van der Waals surface area contributed by atoms with Crippen molar-refractivity contribution in [3.05, 3.63) is 45.5 Å². The fourth-order valence-corrected chi connectivity index (χ4v) is 5.28. The van der Waals surface area contributed by atoms with E-state index in [1.807, 2.05) is 0 Å². The Labute approximate surface area is 214 Å². The molecule has 206 valence electrons. The summed E-state index contributed by atoms with van der Waals surface area (Å²) in [7, 11) is 0. The van der Waals surface area contributed by atoms with Gasteiger partial charge < -0.3 is 30.4 Å². The van der Waals surface area contributed by atoms with Crippen LogP contribution in [0, 0.1) is 0 Å². The number of nitrogen functional groups attached to an aromatic ring is 2. The van der Waals surface area contributed by atoms with Gasteiger partial charge in [-0.25, -0.2) is 0 Å². The Bertz CT molecular complexity index is 1260. The molecule has 2 aromatic rings. The summed E-state index contributed by atoms with van der Waals surface area (Å²) in [6.07, 6.45) is -11.4. The van der Waals surface area contributed by atoms with Crippen molar-refractivity contribution >= 4 is 11.4 Å². The number of anilines is 2. The molecule has 0 aromatic heterocycles. The van der Waals surface area contributed by atoms with Crippen molar-refractivity contribution in [2.45, 2.75) is 62.5 Å². The fourth-order valence-electron chi connectivity index (χ4n) is 5.28. The van der Waals surface area contributed by atoms with E-state index in [1.54, 1.807) is 0 Å². The van der Waals surface area contributed by atoms with E-state index in [-0.39, 0.29) is 48.2 Å². The van der Waals surface area contributed by atoms with Gasteiger partial charge in [-0.1, -0.05) is 6.07 Å². The molecule has 0 spiro atoms. The van der Waals surface area contributed by atoms with E-state index in [0.717, 1.165) is 0 Å². The first-order valence-corrected chi connectivity index (χ1v) is 12.4. The zero-order chi connectivity index (χ0) is 27.0. The highest BCUT2D eigenvalue weighted by Gasteiger charge is 2.50. The second-order valence-electron chi connectivity index (χ2n) is 10.3. The summed E-state index contributed by atoms with van der Waals surface area (Å²) >= 11 is 0. The lowest BCUT2D eigenvalue weighted by Gasteiger charge is -2.29. The van der Waals surface area contributed by atoms with Gasteiger partial charge in [-0.05, 0) is 39.4 Å². The monoisotopic (exact) mass is 544 g/mol. The third kappa shape index (κ3) is 5.18. The zero-order valence-corrected chi connectivity index (χ0v) is 20.2. The molecular weight excluding hydrogens is 518 g/mol. The maximum atomic E-state index is 14.8. The van der Waals surface area contributed by atoms with Gasteiger partial charge in [0.25, 0.3) is 0 Å². The van der Waals surface area contributed by atoms with Gasteiger partial charge in [0, 0.05) is 37.1 Å². The second-order valence-corrected chi connectivity index (χ2v) is 10.3. The van der Waals surface area contributed by atoms with E-state index < -0.39 is 46.9 Å². The molecule has 4 atom stereocenters. The van der Waals surface area contributed by atoms with Crippen LogP contribution in [-0.4, -0.2) is 50.8 Å².